The largest absolute Gasteiger partial charge is 0.242 e. The van der Waals surface area contributed by atoms with Gasteiger partial charge in [0.2, 0.25) is 5.84 Å². The monoisotopic (exact) mass is 347 g/mol. The lowest BCUT2D eigenvalue weighted by Gasteiger charge is -2.34. The van der Waals surface area contributed by atoms with Crippen LogP contribution in [-0.2, 0) is 0 Å². The molecule has 25 heavy (non-hydrogen) atoms. The van der Waals surface area contributed by atoms with E-state index in [9.17, 15) is 0 Å². The molecule has 0 bridgehead atoms. The molecule has 5 heteroatoms. The van der Waals surface area contributed by atoms with Crippen LogP contribution >= 0.6 is 11.6 Å². The Hall–Kier alpha value is -2.98. The average Bonchev–Trinajstić information content (AvgIpc) is 2.69. The van der Waals surface area contributed by atoms with Crippen LogP contribution in [0.1, 0.15) is 5.56 Å². The first-order valence-corrected chi connectivity index (χ1v) is 8.39. The molecule has 0 aromatic heterocycles. The second kappa shape index (κ2) is 6.87. The van der Waals surface area contributed by atoms with E-state index in [2.05, 4.69) is 0 Å². The Balaban J connectivity index is 1.76. The van der Waals surface area contributed by atoms with E-state index in [0.29, 0.717) is 17.5 Å². The molecule has 4 rings (SSSR count). The molecule has 0 N–H and O–H groups in total. The summed E-state index contributed by atoms with van der Waals surface area (Å²) in [4.78, 5) is 0. The van der Waals surface area contributed by atoms with Gasteiger partial charge in [0.1, 0.15) is 6.67 Å². The van der Waals surface area contributed by atoms with Gasteiger partial charge >= 0.3 is 0 Å². The van der Waals surface area contributed by atoms with Gasteiger partial charge in [0, 0.05) is 5.56 Å². The Morgan fingerprint density at radius 3 is 1.88 bits per heavy atom. The third-order valence-electron chi connectivity index (χ3n) is 3.92. The van der Waals surface area contributed by atoms with Crippen molar-refractivity contribution in [1.82, 2.24) is 5.43 Å². The molecule has 1 radical (unpaired) electrons. The van der Waals surface area contributed by atoms with E-state index in [0.717, 1.165) is 16.9 Å². The Bertz CT molecular complexity index is 880. The van der Waals surface area contributed by atoms with Crippen LogP contribution < -0.4 is 15.4 Å². The van der Waals surface area contributed by atoms with Gasteiger partial charge in [0.15, 0.2) is 0 Å². The van der Waals surface area contributed by atoms with Crippen LogP contribution in [-0.4, -0.2) is 12.5 Å². The van der Waals surface area contributed by atoms with E-state index in [1.807, 2.05) is 94.9 Å². The quantitative estimate of drug-likeness (QED) is 0.698. The molecule has 3 aromatic rings. The minimum Gasteiger partial charge on any atom is -0.242 e. The molecule has 1 aliphatic heterocycles. The Morgan fingerprint density at radius 2 is 1.24 bits per heavy atom. The summed E-state index contributed by atoms with van der Waals surface area (Å²) in [5.41, 5.74) is 7.53. The zero-order chi connectivity index (χ0) is 17.1. The maximum atomic E-state index is 6.37. The molecule has 0 amide bonds. The number of hydrogen-bond donors (Lipinski definition) is 0. The fraction of sp³-hybridized carbons (Fsp3) is 0.0500. The van der Waals surface area contributed by atoms with E-state index >= 15 is 0 Å². The summed E-state index contributed by atoms with van der Waals surface area (Å²) in [7, 11) is 0. The number of benzene rings is 3. The molecule has 1 aliphatic rings. The van der Waals surface area contributed by atoms with Crippen LogP contribution in [0.2, 0.25) is 5.02 Å². The maximum absolute atomic E-state index is 6.37. The summed E-state index contributed by atoms with van der Waals surface area (Å²) >= 11 is 6.37. The number of nitrogens with zero attached hydrogens (tertiary/aromatic N) is 4. The summed E-state index contributed by atoms with van der Waals surface area (Å²) in [5.74, 6) is 0.588. The van der Waals surface area contributed by atoms with Gasteiger partial charge in [-0.1, -0.05) is 60.1 Å². The van der Waals surface area contributed by atoms with Crippen LogP contribution in [0.3, 0.4) is 0 Å². The summed E-state index contributed by atoms with van der Waals surface area (Å²) < 4.78 is 0. The van der Waals surface area contributed by atoms with Gasteiger partial charge in [-0.3, -0.25) is 0 Å². The lowest BCUT2D eigenvalue weighted by Crippen LogP contribution is -2.48. The van der Waals surface area contributed by atoms with Gasteiger partial charge in [-0.05, 0) is 36.4 Å². The van der Waals surface area contributed by atoms with Crippen molar-refractivity contribution >= 4 is 28.8 Å². The highest BCUT2D eigenvalue weighted by molar-refractivity contribution is 6.34. The molecule has 0 atom stereocenters. The summed E-state index contributed by atoms with van der Waals surface area (Å²) in [5, 5.41) is 9.21. The molecule has 123 valence electrons. The second-order valence-corrected chi connectivity index (χ2v) is 6.02. The highest BCUT2D eigenvalue weighted by atomic mass is 35.5. The van der Waals surface area contributed by atoms with Crippen LogP contribution in [0, 0.1) is 0 Å². The number of hydrogen-bond acceptors (Lipinski definition) is 3. The van der Waals surface area contributed by atoms with Gasteiger partial charge in [0.25, 0.3) is 0 Å². The van der Waals surface area contributed by atoms with Crippen molar-refractivity contribution in [3.8, 4) is 0 Å². The number of rotatable bonds is 3. The van der Waals surface area contributed by atoms with Crippen molar-refractivity contribution in [2.24, 2.45) is 5.10 Å². The highest BCUT2D eigenvalue weighted by Gasteiger charge is 2.24. The van der Waals surface area contributed by atoms with Crippen LogP contribution in [0.15, 0.2) is 90.0 Å². The Morgan fingerprint density at radius 1 is 0.680 bits per heavy atom. The second-order valence-electron chi connectivity index (χ2n) is 5.62. The first kappa shape index (κ1) is 15.5. The van der Waals surface area contributed by atoms with Crippen LogP contribution in [0.4, 0.5) is 11.4 Å². The van der Waals surface area contributed by atoms with Gasteiger partial charge in [0.05, 0.1) is 16.4 Å². The van der Waals surface area contributed by atoms with Gasteiger partial charge in [-0.2, -0.15) is 0 Å². The Kier molecular flexibility index (Phi) is 4.27. The minimum atomic E-state index is 0.530. The molecule has 1 heterocycles. The third-order valence-corrected chi connectivity index (χ3v) is 4.25. The molecule has 3 aromatic carbocycles. The molecule has 0 saturated carbocycles. The van der Waals surface area contributed by atoms with E-state index in [1.54, 1.807) is 0 Å². The third kappa shape index (κ3) is 3.30. The molecule has 0 aliphatic carbocycles. The van der Waals surface area contributed by atoms with Crippen molar-refractivity contribution in [3.05, 3.63) is 95.5 Å². The first-order valence-electron chi connectivity index (χ1n) is 8.01. The molecule has 0 fully saturated rings. The average molecular weight is 348 g/mol. The number of amidine groups is 1. The van der Waals surface area contributed by atoms with Crippen molar-refractivity contribution in [2.45, 2.75) is 0 Å². The first-order chi connectivity index (χ1) is 12.3. The standard InChI is InChI=1S/C20H16ClN4/c21-19-14-8-7-13-18(19)20-22-24(16-9-3-1-4-10-16)15-25(23-20)17-11-5-2-6-12-17/h1-14H,15H2. The lowest BCUT2D eigenvalue weighted by atomic mass is 10.2. The highest BCUT2D eigenvalue weighted by Crippen LogP contribution is 2.24. The number of para-hydroxylation sites is 2. The fourth-order valence-corrected chi connectivity index (χ4v) is 2.89. The van der Waals surface area contributed by atoms with Gasteiger partial charge in [-0.25, -0.2) is 10.0 Å². The molecule has 0 spiro atoms. The summed E-state index contributed by atoms with van der Waals surface area (Å²) in [6.45, 7) is 0.530. The SMILES string of the molecule is Clc1ccccc1C1=NN(c2ccccc2)CN(c2ccccc2)[N]1. The van der Waals surface area contributed by atoms with E-state index in [4.69, 9.17) is 22.1 Å². The van der Waals surface area contributed by atoms with Crippen molar-refractivity contribution in [1.29, 1.82) is 0 Å². The smallest absolute Gasteiger partial charge is 0.200 e. The number of halogens is 1. The van der Waals surface area contributed by atoms with E-state index in [1.165, 1.54) is 0 Å². The van der Waals surface area contributed by atoms with Crippen molar-refractivity contribution < 1.29 is 0 Å². The maximum Gasteiger partial charge on any atom is 0.200 e. The Labute approximate surface area is 151 Å². The van der Waals surface area contributed by atoms with Crippen molar-refractivity contribution in [3.63, 3.8) is 0 Å². The molecular weight excluding hydrogens is 332 g/mol. The van der Waals surface area contributed by atoms with Gasteiger partial charge in [-0.15, -0.1) is 10.5 Å². The van der Waals surface area contributed by atoms with Gasteiger partial charge < -0.3 is 0 Å². The number of anilines is 2. The van der Waals surface area contributed by atoms with E-state index < -0.39 is 0 Å². The fourth-order valence-electron chi connectivity index (χ4n) is 2.67. The number of hydrazone groups is 1. The predicted octanol–water partition coefficient (Wildman–Crippen LogP) is 4.51. The molecular formula is C20H16ClN4. The predicted molar refractivity (Wildman–Crippen MR) is 103 cm³/mol. The zero-order valence-corrected chi connectivity index (χ0v) is 14.2. The summed E-state index contributed by atoms with van der Waals surface area (Å²) in [6.07, 6.45) is 0. The topological polar surface area (TPSA) is 32.9 Å². The van der Waals surface area contributed by atoms with Crippen LogP contribution in [0.5, 0.6) is 0 Å². The van der Waals surface area contributed by atoms with Crippen molar-refractivity contribution in [2.75, 3.05) is 16.7 Å². The molecule has 4 nitrogen and oxygen atoms in total. The van der Waals surface area contributed by atoms with E-state index in [-0.39, 0.29) is 0 Å². The van der Waals surface area contributed by atoms with Crippen LogP contribution in [0.25, 0.3) is 0 Å². The minimum absolute atomic E-state index is 0.530. The normalized spacial score (nSPS) is 14.0. The zero-order valence-electron chi connectivity index (χ0n) is 13.5. The lowest BCUT2D eigenvalue weighted by molar-refractivity contribution is 0.671. The molecule has 0 saturated heterocycles. The summed E-state index contributed by atoms with van der Waals surface area (Å²) in [6, 6.07) is 27.7. The molecule has 0 unspecified atom stereocenters.